The number of methoxy groups -OCH3 is 1. The Labute approximate surface area is 164 Å². The topological polar surface area (TPSA) is 70.4 Å². The zero-order chi connectivity index (χ0) is 19.3. The first kappa shape index (κ1) is 18.8. The van der Waals surface area contributed by atoms with Gasteiger partial charge in [0.1, 0.15) is 12.4 Å². The molecule has 2 saturated heterocycles. The Balaban J connectivity index is 1.42. The predicted molar refractivity (Wildman–Crippen MR) is 100 cm³/mol. The van der Waals surface area contributed by atoms with E-state index in [1.807, 2.05) is 29.2 Å². The van der Waals surface area contributed by atoms with E-state index >= 15 is 0 Å². The number of benzene rings is 1. The molecule has 0 saturated carbocycles. The number of hydrogen-bond donors (Lipinski definition) is 0. The zero-order valence-corrected chi connectivity index (χ0v) is 16.0. The van der Waals surface area contributed by atoms with E-state index in [1.54, 1.807) is 19.2 Å². The van der Waals surface area contributed by atoms with Crippen LogP contribution >= 0.6 is 0 Å². The standard InChI is InChI=1S/C21H25NO6/c1-24-17-7-2-3-8-18(17)27-14-15-9-10-19(28-15)20(23)22-11-5-4-6-16(22)21-25-12-13-26-21/h2-3,7-10,16,21H,4-6,11-14H2,1H3. The fraction of sp³-hybridized carbons (Fsp3) is 0.476. The molecule has 2 aromatic rings. The average molecular weight is 387 g/mol. The van der Waals surface area contributed by atoms with Crippen molar-refractivity contribution in [2.24, 2.45) is 0 Å². The summed E-state index contributed by atoms with van der Waals surface area (Å²) in [6.45, 7) is 2.05. The molecule has 3 heterocycles. The van der Waals surface area contributed by atoms with E-state index < -0.39 is 0 Å². The van der Waals surface area contributed by atoms with E-state index in [1.165, 1.54) is 0 Å². The predicted octanol–water partition coefficient (Wildman–Crippen LogP) is 3.23. The SMILES string of the molecule is COc1ccccc1OCc1ccc(C(=O)N2CCCCC2C2OCCO2)o1. The van der Waals surface area contributed by atoms with Gasteiger partial charge in [-0.25, -0.2) is 0 Å². The van der Waals surface area contributed by atoms with Crippen molar-refractivity contribution in [3.63, 3.8) is 0 Å². The quantitative estimate of drug-likeness (QED) is 0.758. The van der Waals surface area contributed by atoms with Gasteiger partial charge >= 0.3 is 0 Å². The van der Waals surface area contributed by atoms with Crippen molar-refractivity contribution in [2.75, 3.05) is 26.9 Å². The molecule has 0 bridgehead atoms. The molecule has 2 fully saturated rings. The van der Waals surface area contributed by atoms with Crippen molar-refractivity contribution in [3.8, 4) is 11.5 Å². The number of hydrogen-bond acceptors (Lipinski definition) is 6. The Kier molecular flexibility index (Phi) is 5.83. The maximum Gasteiger partial charge on any atom is 0.289 e. The summed E-state index contributed by atoms with van der Waals surface area (Å²) < 4.78 is 28.1. The van der Waals surface area contributed by atoms with E-state index in [-0.39, 0.29) is 24.8 Å². The van der Waals surface area contributed by atoms with E-state index in [2.05, 4.69) is 0 Å². The highest BCUT2D eigenvalue weighted by atomic mass is 16.7. The van der Waals surface area contributed by atoms with Crippen molar-refractivity contribution in [2.45, 2.75) is 38.2 Å². The van der Waals surface area contributed by atoms with Crippen LogP contribution in [0.5, 0.6) is 11.5 Å². The van der Waals surface area contributed by atoms with E-state index in [0.29, 0.717) is 42.8 Å². The lowest BCUT2D eigenvalue weighted by atomic mass is 10.0. The highest BCUT2D eigenvalue weighted by Crippen LogP contribution is 2.28. The summed E-state index contributed by atoms with van der Waals surface area (Å²) in [5, 5.41) is 0. The van der Waals surface area contributed by atoms with Crippen LogP contribution in [0.3, 0.4) is 0 Å². The summed E-state index contributed by atoms with van der Waals surface area (Å²) in [7, 11) is 1.60. The van der Waals surface area contributed by atoms with Crippen molar-refractivity contribution in [1.82, 2.24) is 4.90 Å². The molecule has 1 amide bonds. The minimum absolute atomic E-state index is 0.0675. The number of carbonyl (C=O) groups is 1. The molecule has 2 aliphatic rings. The first-order valence-electron chi connectivity index (χ1n) is 9.65. The third-order valence-corrected chi connectivity index (χ3v) is 5.08. The normalized spacial score (nSPS) is 20.3. The second-order valence-corrected chi connectivity index (χ2v) is 6.88. The van der Waals surface area contributed by atoms with Gasteiger partial charge in [0.05, 0.1) is 26.4 Å². The summed E-state index contributed by atoms with van der Waals surface area (Å²) in [6.07, 6.45) is 2.57. The van der Waals surface area contributed by atoms with Crippen LogP contribution in [0.4, 0.5) is 0 Å². The minimum atomic E-state index is -0.340. The van der Waals surface area contributed by atoms with Gasteiger partial charge in [-0.1, -0.05) is 12.1 Å². The molecule has 0 N–H and O–H groups in total. The molecular weight excluding hydrogens is 362 g/mol. The summed E-state index contributed by atoms with van der Waals surface area (Å²) in [5.41, 5.74) is 0. The van der Waals surface area contributed by atoms with Gasteiger partial charge in [0.2, 0.25) is 0 Å². The van der Waals surface area contributed by atoms with Crippen molar-refractivity contribution >= 4 is 5.91 Å². The highest BCUT2D eigenvalue weighted by Gasteiger charge is 2.37. The summed E-state index contributed by atoms with van der Waals surface area (Å²) >= 11 is 0. The van der Waals surface area contributed by atoms with Gasteiger partial charge in [-0.3, -0.25) is 4.79 Å². The largest absolute Gasteiger partial charge is 0.493 e. The van der Waals surface area contributed by atoms with Crippen LogP contribution < -0.4 is 9.47 Å². The molecule has 28 heavy (non-hydrogen) atoms. The number of carbonyl (C=O) groups excluding carboxylic acids is 1. The van der Waals surface area contributed by atoms with Crippen LogP contribution in [-0.2, 0) is 16.1 Å². The molecule has 0 spiro atoms. The first-order valence-corrected chi connectivity index (χ1v) is 9.65. The fourth-order valence-corrected chi connectivity index (χ4v) is 3.69. The van der Waals surface area contributed by atoms with Gasteiger partial charge in [-0.2, -0.15) is 0 Å². The molecule has 2 aliphatic heterocycles. The molecule has 1 aromatic carbocycles. The number of para-hydroxylation sites is 2. The molecule has 4 rings (SSSR count). The van der Waals surface area contributed by atoms with Crippen LogP contribution in [-0.4, -0.2) is 50.0 Å². The number of rotatable bonds is 6. The van der Waals surface area contributed by atoms with Crippen molar-refractivity contribution in [1.29, 1.82) is 0 Å². The Morgan fingerprint density at radius 2 is 1.89 bits per heavy atom. The number of ether oxygens (including phenoxy) is 4. The van der Waals surface area contributed by atoms with E-state index in [9.17, 15) is 4.79 Å². The molecule has 7 heteroatoms. The lowest BCUT2D eigenvalue weighted by Crippen LogP contribution is -2.50. The average Bonchev–Trinajstić information content (AvgIpc) is 3.44. The molecular formula is C21H25NO6. The Hall–Kier alpha value is -2.51. The lowest BCUT2D eigenvalue weighted by Gasteiger charge is -2.37. The second kappa shape index (κ2) is 8.67. The van der Waals surface area contributed by atoms with E-state index in [0.717, 1.165) is 19.3 Å². The van der Waals surface area contributed by atoms with Crippen LogP contribution in [0.2, 0.25) is 0 Å². The van der Waals surface area contributed by atoms with Crippen molar-refractivity contribution < 1.29 is 28.2 Å². The van der Waals surface area contributed by atoms with Gasteiger partial charge in [0, 0.05) is 6.54 Å². The fourth-order valence-electron chi connectivity index (χ4n) is 3.69. The number of amides is 1. The van der Waals surface area contributed by atoms with Crippen LogP contribution in [0, 0.1) is 0 Å². The Bertz CT molecular complexity index is 798. The van der Waals surface area contributed by atoms with E-state index in [4.69, 9.17) is 23.4 Å². The van der Waals surface area contributed by atoms with Crippen LogP contribution in [0.15, 0.2) is 40.8 Å². The van der Waals surface area contributed by atoms with Gasteiger partial charge in [0.15, 0.2) is 23.5 Å². The Morgan fingerprint density at radius 3 is 2.68 bits per heavy atom. The summed E-state index contributed by atoms with van der Waals surface area (Å²) in [5.74, 6) is 2.03. The lowest BCUT2D eigenvalue weighted by molar-refractivity contribution is -0.100. The van der Waals surface area contributed by atoms with Crippen molar-refractivity contribution in [3.05, 3.63) is 47.9 Å². The maximum atomic E-state index is 13.0. The molecule has 0 aliphatic carbocycles. The van der Waals surface area contributed by atoms with Crippen LogP contribution in [0.1, 0.15) is 35.6 Å². The zero-order valence-electron chi connectivity index (χ0n) is 16.0. The third-order valence-electron chi connectivity index (χ3n) is 5.08. The summed E-state index contributed by atoms with van der Waals surface area (Å²) in [4.78, 5) is 14.8. The molecule has 7 nitrogen and oxygen atoms in total. The molecule has 0 radical (unpaired) electrons. The van der Waals surface area contributed by atoms with Gasteiger partial charge in [-0.05, 0) is 43.5 Å². The second-order valence-electron chi connectivity index (χ2n) is 6.88. The molecule has 1 unspecified atom stereocenters. The van der Waals surface area contributed by atoms with Gasteiger partial charge < -0.3 is 28.3 Å². The first-order chi connectivity index (χ1) is 13.8. The number of piperidine rings is 1. The Morgan fingerprint density at radius 1 is 1.11 bits per heavy atom. The third kappa shape index (κ3) is 4.00. The minimum Gasteiger partial charge on any atom is -0.493 e. The molecule has 150 valence electrons. The maximum absolute atomic E-state index is 13.0. The van der Waals surface area contributed by atoms with Gasteiger partial charge in [0.25, 0.3) is 5.91 Å². The summed E-state index contributed by atoms with van der Waals surface area (Å²) in [6, 6.07) is 10.8. The molecule has 1 atom stereocenters. The number of nitrogens with zero attached hydrogens (tertiary/aromatic N) is 1. The monoisotopic (exact) mass is 387 g/mol. The molecule has 1 aromatic heterocycles. The smallest absolute Gasteiger partial charge is 0.289 e. The highest BCUT2D eigenvalue weighted by molar-refractivity contribution is 5.91. The van der Waals surface area contributed by atoms with Crippen LogP contribution in [0.25, 0.3) is 0 Å². The number of furan rings is 1. The van der Waals surface area contributed by atoms with Gasteiger partial charge in [-0.15, -0.1) is 0 Å². The number of likely N-dealkylation sites (tertiary alicyclic amines) is 1.